The maximum Gasteiger partial charge on any atom is 0.410 e. The lowest BCUT2D eigenvalue weighted by Gasteiger charge is -2.27. The van der Waals surface area contributed by atoms with E-state index in [4.69, 9.17) is 10.5 Å². The summed E-state index contributed by atoms with van der Waals surface area (Å²) in [5.41, 5.74) is 6.73. The first-order valence-corrected chi connectivity index (χ1v) is 7.32. The third-order valence-electron chi connectivity index (χ3n) is 3.22. The summed E-state index contributed by atoms with van der Waals surface area (Å²) in [7, 11) is 0. The molecule has 0 aromatic carbocycles. The Bertz CT molecular complexity index is 447. The van der Waals surface area contributed by atoms with Gasteiger partial charge >= 0.3 is 6.09 Å². The lowest BCUT2D eigenvalue weighted by atomic mass is 10.1. The minimum Gasteiger partial charge on any atom is -0.444 e. The van der Waals surface area contributed by atoms with Crippen molar-refractivity contribution in [1.29, 1.82) is 0 Å². The third-order valence-corrected chi connectivity index (χ3v) is 3.22. The van der Waals surface area contributed by atoms with E-state index in [1.54, 1.807) is 11.1 Å². The van der Waals surface area contributed by atoms with Gasteiger partial charge < -0.3 is 15.4 Å². The van der Waals surface area contributed by atoms with Crippen LogP contribution in [-0.2, 0) is 4.74 Å². The van der Waals surface area contributed by atoms with E-state index in [1.807, 2.05) is 27.7 Å². The zero-order chi connectivity index (χ0) is 16.0. The molecule has 1 heterocycles. The number of likely N-dealkylation sites (tertiary alicyclic amines) is 1. The number of amides is 1. The predicted octanol–water partition coefficient (Wildman–Crippen LogP) is 2.88. The number of rotatable bonds is 4. The highest BCUT2D eigenvalue weighted by Crippen LogP contribution is 2.21. The van der Waals surface area contributed by atoms with Crippen molar-refractivity contribution in [3.8, 4) is 0 Å². The standard InChI is InChI=1S/C16H27N3O2/c1-12(2)13(9-17)10-18-11-14-7-6-8-19(14)15(20)21-16(3,4)5/h9-10,14H,1,6-8,11,17H2,2-5H3. The summed E-state index contributed by atoms with van der Waals surface area (Å²) in [5, 5.41) is 0. The summed E-state index contributed by atoms with van der Waals surface area (Å²) in [6.07, 6.45) is 4.89. The largest absolute Gasteiger partial charge is 0.444 e. The number of allylic oxidation sites excluding steroid dienone is 2. The monoisotopic (exact) mass is 293 g/mol. The van der Waals surface area contributed by atoms with Crippen molar-refractivity contribution in [1.82, 2.24) is 4.90 Å². The fourth-order valence-electron chi connectivity index (χ4n) is 2.15. The fraction of sp³-hybridized carbons (Fsp3) is 0.625. The van der Waals surface area contributed by atoms with Crippen LogP contribution < -0.4 is 5.73 Å². The predicted molar refractivity (Wildman–Crippen MR) is 86.4 cm³/mol. The maximum absolute atomic E-state index is 12.1. The van der Waals surface area contributed by atoms with Gasteiger partial charge in [-0.15, -0.1) is 0 Å². The second-order valence-corrected chi connectivity index (χ2v) is 6.37. The molecule has 1 unspecified atom stereocenters. The van der Waals surface area contributed by atoms with E-state index in [9.17, 15) is 4.79 Å². The number of carbonyl (C=O) groups is 1. The third kappa shape index (κ3) is 5.61. The molecule has 0 aliphatic carbocycles. The Morgan fingerprint density at radius 2 is 2.19 bits per heavy atom. The van der Waals surface area contributed by atoms with Gasteiger partial charge in [-0.25, -0.2) is 4.79 Å². The lowest BCUT2D eigenvalue weighted by Crippen LogP contribution is -2.41. The van der Waals surface area contributed by atoms with Gasteiger partial charge in [0.05, 0.1) is 12.6 Å². The van der Waals surface area contributed by atoms with E-state index >= 15 is 0 Å². The van der Waals surface area contributed by atoms with E-state index in [-0.39, 0.29) is 12.1 Å². The molecule has 118 valence electrons. The van der Waals surface area contributed by atoms with Gasteiger partial charge in [-0.1, -0.05) is 6.58 Å². The van der Waals surface area contributed by atoms with Crippen molar-refractivity contribution in [3.05, 3.63) is 23.9 Å². The van der Waals surface area contributed by atoms with Crippen LogP contribution in [0, 0.1) is 0 Å². The van der Waals surface area contributed by atoms with Gasteiger partial charge in [0.25, 0.3) is 0 Å². The molecular formula is C16H27N3O2. The zero-order valence-electron chi connectivity index (χ0n) is 13.6. The van der Waals surface area contributed by atoms with Gasteiger partial charge in [-0.3, -0.25) is 4.99 Å². The van der Waals surface area contributed by atoms with Gasteiger partial charge in [0.15, 0.2) is 0 Å². The molecule has 0 spiro atoms. The summed E-state index contributed by atoms with van der Waals surface area (Å²) in [5.74, 6) is 0. The van der Waals surface area contributed by atoms with Crippen LogP contribution >= 0.6 is 0 Å². The first kappa shape index (κ1) is 17.3. The van der Waals surface area contributed by atoms with Crippen molar-refractivity contribution in [2.24, 2.45) is 10.7 Å². The summed E-state index contributed by atoms with van der Waals surface area (Å²) in [6.45, 7) is 12.6. The van der Waals surface area contributed by atoms with E-state index < -0.39 is 5.60 Å². The van der Waals surface area contributed by atoms with Crippen molar-refractivity contribution in [2.75, 3.05) is 13.1 Å². The molecule has 0 saturated carbocycles. The molecule has 0 aromatic heterocycles. The van der Waals surface area contributed by atoms with Gasteiger partial charge in [-0.05, 0) is 46.1 Å². The maximum atomic E-state index is 12.1. The molecule has 21 heavy (non-hydrogen) atoms. The molecule has 1 aliphatic rings. The number of ether oxygens (including phenoxy) is 1. The topological polar surface area (TPSA) is 67.9 Å². The molecule has 1 rings (SSSR count). The second-order valence-electron chi connectivity index (χ2n) is 6.37. The van der Waals surface area contributed by atoms with Crippen molar-refractivity contribution in [2.45, 2.75) is 52.2 Å². The van der Waals surface area contributed by atoms with Crippen LogP contribution in [0.15, 0.2) is 28.9 Å². The molecule has 0 aromatic rings. The molecule has 1 fully saturated rings. The molecule has 1 saturated heterocycles. The Labute approximate surface area is 127 Å². The van der Waals surface area contributed by atoms with Crippen LogP contribution in [0.4, 0.5) is 4.79 Å². The molecule has 1 aliphatic heterocycles. The molecular weight excluding hydrogens is 266 g/mol. The molecule has 5 heteroatoms. The molecule has 5 nitrogen and oxygen atoms in total. The van der Waals surface area contributed by atoms with Crippen LogP contribution in [-0.4, -0.2) is 41.9 Å². The second kappa shape index (κ2) is 7.29. The van der Waals surface area contributed by atoms with Crippen LogP contribution in [0.3, 0.4) is 0 Å². The highest BCUT2D eigenvalue weighted by Gasteiger charge is 2.31. The van der Waals surface area contributed by atoms with Crippen LogP contribution in [0.1, 0.15) is 40.5 Å². The molecule has 1 atom stereocenters. The number of carbonyl (C=O) groups excluding carboxylic acids is 1. The summed E-state index contributed by atoms with van der Waals surface area (Å²) in [4.78, 5) is 18.3. The Kier molecular flexibility index (Phi) is 6.00. The van der Waals surface area contributed by atoms with E-state index in [0.29, 0.717) is 6.54 Å². The SMILES string of the molecule is C=C(C)C(C=NCC1CCCN1C(=O)OC(C)(C)C)=CN. The number of nitrogens with zero attached hydrogens (tertiary/aromatic N) is 2. The Morgan fingerprint density at radius 1 is 1.52 bits per heavy atom. The van der Waals surface area contributed by atoms with Crippen LogP contribution in [0.25, 0.3) is 0 Å². The normalized spacial score (nSPS) is 20.1. The van der Waals surface area contributed by atoms with E-state index in [1.165, 1.54) is 6.20 Å². The number of nitrogens with two attached hydrogens (primary N) is 1. The van der Waals surface area contributed by atoms with E-state index in [0.717, 1.165) is 30.5 Å². The summed E-state index contributed by atoms with van der Waals surface area (Å²) in [6, 6.07) is 0.0974. The smallest absolute Gasteiger partial charge is 0.410 e. The van der Waals surface area contributed by atoms with E-state index in [2.05, 4.69) is 11.6 Å². The van der Waals surface area contributed by atoms with Gasteiger partial charge in [-0.2, -0.15) is 0 Å². The Morgan fingerprint density at radius 3 is 2.71 bits per heavy atom. The van der Waals surface area contributed by atoms with Crippen molar-refractivity contribution < 1.29 is 9.53 Å². The van der Waals surface area contributed by atoms with Crippen LogP contribution in [0.5, 0.6) is 0 Å². The molecule has 0 bridgehead atoms. The molecule has 0 radical (unpaired) electrons. The first-order chi connectivity index (χ1) is 9.74. The number of hydrogen-bond donors (Lipinski definition) is 1. The zero-order valence-corrected chi connectivity index (χ0v) is 13.6. The average molecular weight is 293 g/mol. The Hall–Kier alpha value is -1.78. The van der Waals surface area contributed by atoms with Gasteiger partial charge in [0.2, 0.25) is 0 Å². The van der Waals surface area contributed by atoms with Gasteiger partial charge in [0.1, 0.15) is 5.60 Å². The van der Waals surface area contributed by atoms with Crippen molar-refractivity contribution in [3.63, 3.8) is 0 Å². The van der Waals surface area contributed by atoms with Gasteiger partial charge in [0, 0.05) is 24.5 Å². The minimum absolute atomic E-state index is 0.0974. The Balaban J connectivity index is 2.60. The average Bonchev–Trinajstić information content (AvgIpc) is 2.80. The molecule has 2 N–H and O–H groups in total. The summed E-state index contributed by atoms with van der Waals surface area (Å²) >= 11 is 0. The minimum atomic E-state index is -0.469. The highest BCUT2D eigenvalue weighted by molar-refractivity contribution is 5.83. The summed E-state index contributed by atoms with van der Waals surface area (Å²) < 4.78 is 5.43. The number of aliphatic imine (C=N–C) groups is 1. The lowest BCUT2D eigenvalue weighted by molar-refractivity contribution is 0.0232. The molecule has 1 amide bonds. The highest BCUT2D eigenvalue weighted by atomic mass is 16.6. The quantitative estimate of drug-likeness (QED) is 0.640. The number of hydrogen-bond acceptors (Lipinski definition) is 4. The van der Waals surface area contributed by atoms with Crippen LogP contribution in [0.2, 0.25) is 0 Å². The fourth-order valence-corrected chi connectivity index (χ4v) is 2.15. The first-order valence-electron chi connectivity index (χ1n) is 7.32. The van der Waals surface area contributed by atoms with Crippen molar-refractivity contribution >= 4 is 12.3 Å².